The fraction of sp³-hybridized carbons (Fsp3) is 0.333. The maximum atomic E-state index is 8.58. The first-order valence-electron chi connectivity index (χ1n) is 2.19. The molecule has 0 aliphatic carbocycles. The number of halogens is 6. The first-order valence-corrected chi connectivity index (χ1v) is 8.72. The third-order valence-corrected chi connectivity index (χ3v) is 12.7. The van der Waals surface area contributed by atoms with E-state index in [0.29, 0.717) is 0 Å². The summed E-state index contributed by atoms with van der Waals surface area (Å²) in [5, 5.41) is 17.2. The zero-order valence-corrected chi connectivity index (χ0v) is 10.5. The van der Waals surface area contributed by atoms with E-state index >= 15 is 0 Å². The van der Waals surface area contributed by atoms with Crippen LogP contribution in [-0.4, -0.2) is 3.53 Å². The molecule has 0 amide bonds. The quantitative estimate of drug-likeness (QED) is 0.475. The van der Waals surface area contributed by atoms with E-state index in [1.54, 1.807) is 0 Å². The Morgan fingerprint density at radius 2 is 1.17 bits per heavy atom. The van der Waals surface area contributed by atoms with Crippen LogP contribution in [0.4, 0.5) is 0 Å². The monoisotopic (exact) mass is 305 g/mol. The van der Waals surface area contributed by atoms with Crippen molar-refractivity contribution in [3.8, 4) is 11.6 Å². The van der Waals surface area contributed by atoms with Crippen molar-refractivity contribution in [2.45, 2.75) is 3.53 Å². The van der Waals surface area contributed by atoms with Gasteiger partial charge in [0.05, 0.1) is 0 Å². The number of hydrogen-bond donors (Lipinski definition) is 0. The van der Waals surface area contributed by atoms with Crippen LogP contribution < -0.4 is 0 Å². The van der Waals surface area contributed by atoms with E-state index in [9.17, 15) is 0 Å². The molecule has 0 saturated carbocycles. The number of nitriles is 2. The molecule has 0 fully saturated rings. The standard InChI is InChI=1S/C3Cl6N2P/c4-3(5,6)12(7,8,9,1-10)2-11/q-1. The van der Waals surface area contributed by atoms with Gasteiger partial charge in [0, 0.05) is 0 Å². The van der Waals surface area contributed by atoms with Gasteiger partial charge in [0.15, 0.2) is 0 Å². The molecule has 0 aromatic rings. The van der Waals surface area contributed by atoms with E-state index in [2.05, 4.69) is 0 Å². The zero-order chi connectivity index (χ0) is 10.3. The summed E-state index contributed by atoms with van der Waals surface area (Å²) in [4.78, 5) is 0. The molecule has 70 valence electrons. The zero-order valence-electron chi connectivity index (χ0n) is 5.11. The summed E-state index contributed by atoms with van der Waals surface area (Å²) in [5.41, 5.74) is 0. The van der Waals surface area contributed by atoms with Gasteiger partial charge in [0.25, 0.3) is 0 Å². The number of rotatable bonds is 0. The molecule has 0 radical (unpaired) electrons. The van der Waals surface area contributed by atoms with Crippen molar-refractivity contribution in [2.24, 2.45) is 0 Å². The Balaban J connectivity index is 5.94. The Kier molecular flexibility index (Phi) is 2.84. The average molecular weight is 308 g/mol. The van der Waals surface area contributed by atoms with Crippen LogP contribution in [0.2, 0.25) is 0 Å². The molecule has 0 atom stereocenters. The average Bonchev–Trinajstić information content (AvgIpc) is 1.87. The van der Waals surface area contributed by atoms with E-state index in [0.717, 1.165) is 0 Å². The van der Waals surface area contributed by atoms with Gasteiger partial charge in [-0.2, -0.15) is 0 Å². The van der Waals surface area contributed by atoms with Crippen LogP contribution in [-0.2, 0) is 0 Å². The van der Waals surface area contributed by atoms with Crippen LogP contribution in [0.1, 0.15) is 0 Å². The molecular weight excluding hydrogens is 308 g/mol. The molecule has 0 aromatic heterocycles. The molecule has 0 bridgehead atoms. The van der Waals surface area contributed by atoms with Crippen LogP contribution in [0.5, 0.6) is 0 Å². The van der Waals surface area contributed by atoms with Gasteiger partial charge < -0.3 is 0 Å². The minimum atomic E-state index is -5.71. The summed E-state index contributed by atoms with van der Waals surface area (Å²) >= 11 is 32.2. The van der Waals surface area contributed by atoms with Crippen molar-refractivity contribution in [3.05, 3.63) is 0 Å². The van der Waals surface area contributed by atoms with E-state index in [-0.39, 0.29) is 0 Å². The van der Waals surface area contributed by atoms with Crippen molar-refractivity contribution in [1.82, 2.24) is 0 Å². The van der Waals surface area contributed by atoms with Crippen LogP contribution in [0.15, 0.2) is 0 Å². The van der Waals surface area contributed by atoms with E-state index in [4.69, 9.17) is 79.0 Å². The maximum absolute atomic E-state index is 8.58. The molecule has 0 saturated heterocycles. The Labute approximate surface area is 97.7 Å². The minimum absolute atomic E-state index is 1.20. The van der Waals surface area contributed by atoms with Gasteiger partial charge in [0.2, 0.25) is 0 Å². The third-order valence-electron chi connectivity index (χ3n) is 0.968. The summed E-state index contributed by atoms with van der Waals surface area (Å²) in [7, 11) is 0. The second-order valence-electron chi connectivity index (χ2n) is 1.96. The van der Waals surface area contributed by atoms with E-state index in [1.807, 2.05) is 0 Å². The second kappa shape index (κ2) is 2.59. The first-order chi connectivity index (χ1) is 4.92. The Morgan fingerprint density at radius 3 is 1.17 bits per heavy atom. The van der Waals surface area contributed by atoms with Crippen molar-refractivity contribution in [3.63, 3.8) is 0 Å². The van der Waals surface area contributed by atoms with Gasteiger partial charge >= 0.3 is 98.2 Å². The first kappa shape index (κ1) is 13.2. The molecule has 0 N–H and O–H groups in total. The molecule has 0 aromatic carbocycles. The SMILES string of the molecule is N#C[P-](Cl)(Cl)(Cl)(C#N)C(Cl)(Cl)Cl. The fourth-order valence-electron chi connectivity index (χ4n) is 0.136. The topological polar surface area (TPSA) is 47.6 Å². The number of hydrogen-bond acceptors (Lipinski definition) is 2. The van der Waals surface area contributed by atoms with Gasteiger partial charge in [0.1, 0.15) is 0 Å². The normalized spacial score (nSPS) is 18.3. The molecule has 0 spiro atoms. The summed E-state index contributed by atoms with van der Waals surface area (Å²) in [6.07, 6.45) is 0. The van der Waals surface area contributed by atoms with Crippen LogP contribution in [0.25, 0.3) is 0 Å². The molecular formula is C3Cl6N2P-. The fourth-order valence-corrected chi connectivity index (χ4v) is 1.09. The van der Waals surface area contributed by atoms with Crippen LogP contribution >= 0.6 is 72.5 Å². The summed E-state index contributed by atoms with van der Waals surface area (Å²) < 4.78 is -8.25. The number of nitrogens with zero attached hydrogens (tertiary/aromatic N) is 2. The van der Waals surface area contributed by atoms with Crippen molar-refractivity contribution in [2.75, 3.05) is 0 Å². The predicted octanol–water partition coefficient (Wildman–Crippen LogP) is 4.83. The Morgan fingerprint density at radius 1 is 0.917 bits per heavy atom. The van der Waals surface area contributed by atoms with Gasteiger partial charge in [-0.1, -0.05) is 0 Å². The predicted molar refractivity (Wildman–Crippen MR) is 56.0 cm³/mol. The molecule has 2 nitrogen and oxygen atoms in total. The molecule has 0 rings (SSSR count). The third kappa shape index (κ3) is 1.68. The van der Waals surface area contributed by atoms with Crippen molar-refractivity contribution < 1.29 is 0 Å². The Hall–Kier alpha value is 1.15. The number of alkyl halides is 3. The molecule has 0 unspecified atom stereocenters. The van der Waals surface area contributed by atoms with Gasteiger partial charge in [-0.25, -0.2) is 0 Å². The molecule has 0 aliphatic heterocycles. The molecule has 12 heavy (non-hydrogen) atoms. The molecule has 0 aliphatic rings. The molecule has 0 heterocycles. The summed E-state index contributed by atoms with van der Waals surface area (Å²) in [6.45, 7) is 0. The van der Waals surface area contributed by atoms with Gasteiger partial charge in [-0.05, 0) is 0 Å². The summed E-state index contributed by atoms with van der Waals surface area (Å²) in [6, 6.07) is 0. The Bertz CT molecular complexity index is 286. The van der Waals surface area contributed by atoms with Crippen molar-refractivity contribution in [1.29, 1.82) is 10.5 Å². The van der Waals surface area contributed by atoms with Crippen LogP contribution in [0.3, 0.4) is 0 Å². The van der Waals surface area contributed by atoms with Crippen LogP contribution in [0, 0.1) is 22.1 Å². The van der Waals surface area contributed by atoms with Gasteiger partial charge in [-0.15, -0.1) is 0 Å². The second-order valence-corrected chi connectivity index (χ2v) is 17.8. The van der Waals surface area contributed by atoms with E-state index in [1.165, 1.54) is 11.6 Å². The van der Waals surface area contributed by atoms with Gasteiger partial charge in [-0.3, -0.25) is 0 Å². The molecule has 9 heteroatoms. The summed E-state index contributed by atoms with van der Waals surface area (Å²) in [5.74, 6) is 2.39. The van der Waals surface area contributed by atoms with Crippen molar-refractivity contribution >= 4 is 72.5 Å². The van der Waals surface area contributed by atoms with E-state index < -0.39 is 7.54 Å².